The Hall–Kier alpha value is 0.869. The van der Waals surface area contributed by atoms with E-state index < -0.39 is 0 Å². The van der Waals surface area contributed by atoms with E-state index in [2.05, 4.69) is 9.88 Å². The second kappa shape index (κ2) is 2.25. The molecule has 0 spiro atoms. The molecule has 0 saturated carbocycles. The Bertz CT molecular complexity index is 147. The van der Waals surface area contributed by atoms with E-state index in [9.17, 15) is 0 Å². The summed E-state index contributed by atoms with van der Waals surface area (Å²) in [4.78, 5) is 4.41. The van der Waals surface area contributed by atoms with Crippen molar-refractivity contribution in [2.75, 3.05) is 0 Å². The van der Waals surface area contributed by atoms with Crippen molar-refractivity contribution in [3.05, 3.63) is 12.1 Å². The van der Waals surface area contributed by atoms with Crippen LogP contribution in [-0.2, 0) is 0 Å². The molecule has 3 heteroatoms. The summed E-state index contributed by atoms with van der Waals surface area (Å²) < 4.78 is 1.30. The molecule has 0 radical (unpaired) electrons. The Morgan fingerprint density at radius 2 is 1.83 bits per heavy atom. The van der Waals surface area contributed by atoms with Gasteiger partial charge in [-0.2, -0.15) is 0 Å². The summed E-state index contributed by atoms with van der Waals surface area (Å²) in [6, 6.07) is 0. The second-order valence-electron chi connectivity index (χ2n) is 0.758. The van der Waals surface area contributed by atoms with Crippen molar-refractivity contribution in [2.24, 2.45) is 0 Å². The van der Waals surface area contributed by atoms with Crippen LogP contribution in [-0.4, -0.2) is 29.0 Å². The third-order valence-electron chi connectivity index (χ3n) is 0.384. The molecular weight excluding hydrogens is 226 g/mol. The third-order valence-corrected chi connectivity index (χ3v) is 6.31. The monoisotopic (exact) mass is 230 g/mol. The van der Waals surface area contributed by atoms with Crippen molar-refractivity contribution >= 4 is 41.2 Å². The van der Waals surface area contributed by atoms with E-state index >= 15 is 0 Å². The summed E-state index contributed by atoms with van der Waals surface area (Å²) in [5.74, 6) is 0. The van der Waals surface area contributed by atoms with Crippen LogP contribution in [0.25, 0.3) is 0 Å². The molecule has 0 N–H and O–H groups in total. The molecule has 0 aliphatic carbocycles. The van der Waals surface area contributed by atoms with Gasteiger partial charge in [0.2, 0.25) is 0 Å². The van der Waals surface area contributed by atoms with E-state index in [1.165, 1.54) is 2.26 Å². The predicted molar refractivity (Wildman–Crippen MR) is 31.2 cm³/mol. The SMILES string of the molecule is S=c1[se]cc[se]1. The van der Waals surface area contributed by atoms with Crippen LogP contribution >= 0.6 is 12.2 Å². The Balaban J connectivity index is 3.41. The van der Waals surface area contributed by atoms with Crippen molar-refractivity contribution < 1.29 is 0 Å². The van der Waals surface area contributed by atoms with Gasteiger partial charge in [0.05, 0.1) is 0 Å². The third kappa shape index (κ3) is 1.18. The molecule has 0 amide bonds. The van der Waals surface area contributed by atoms with Crippen molar-refractivity contribution in [1.29, 1.82) is 0 Å². The Labute approximate surface area is 53.3 Å². The molecule has 1 aromatic rings. The van der Waals surface area contributed by atoms with Gasteiger partial charge in [-0.25, -0.2) is 0 Å². The first-order valence-corrected chi connectivity index (χ1v) is 5.52. The fourth-order valence-electron chi connectivity index (χ4n) is 0.194. The van der Waals surface area contributed by atoms with Gasteiger partial charge in [-0.05, 0) is 0 Å². The molecule has 6 heavy (non-hydrogen) atoms. The molecule has 0 nitrogen and oxygen atoms in total. The van der Waals surface area contributed by atoms with Crippen LogP contribution in [0.5, 0.6) is 0 Å². The van der Waals surface area contributed by atoms with Gasteiger partial charge >= 0.3 is 53.4 Å². The van der Waals surface area contributed by atoms with Gasteiger partial charge in [0, 0.05) is 0 Å². The maximum absolute atomic E-state index is 4.91. The van der Waals surface area contributed by atoms with E-state index in [1.54, 1.807) is 0 Å². The number of rotatable bonds is 0. The average Bonchev–Trinajstić information content (AvgIpc) is 1.86. The Kier molecular flexibility index (Phi) is 1.88. The molecule has 0 aliphatic heterocycles. The van der Waals surface area contributed by atoms with E-state index in [0.29, 0.717) is 29.0 Å². The van der Waals surface area contributed by atoms with Crippen LogP contribution in [0.3, 0.4) is 0 Å². The van der Waals surface area contributed by atoms with Crippen molar-refractivity contribution in [1.82, 2.24) is 0 Å². The molecule has 0 unspecified atom stereocenters. The molecule has 1 aromatic heterocycles. The summed E-state index contributed by atoms with van der Waals surface area (Å²) in [6.07, 6.45) is 0. The first-order valence-electron chi connectivity index (χ1n) is 1.42. The van der Waals surface area contributed by atoms with Crippen LogP contribution in [0, 0.1) is 2.26 Å². The summed E-state index contributed by atoms with van der Waals surface area (Å²) in [7, 11) is 0. The van der Waals surface area contributed by atoms with E-state index in [0.717, 1.165) is 0 Å². The summed E-state index contributed by atoms with van der Waals surface area (Å²) >= 11 is 6.12. The second-order valence-corrected chi connectivity index (χ2v) is 7.49. The number of hydrogen-bond donors (Lipinski definition) is 0. The predicted octanol–water partition coefficient (Wildman–Crippen LogP) is 0.530. The first kappa shape index (κ1) is 5.01. The summed E-state index contributed by atoms with van der Waals surface area (Å²) in [5, 5.41) is 0. The zero-order chi connectivity index (χ0) is 4.41. The van der Waals surface area contributed by atoms with Crippen molar-refractivity contribution in [2.45, 2.75) is 0 Å². The summed E-state index contributed by atoms with van der Waals surface area (Å²) in [5.41, 5.74) is 0. The first-order chi connectivity index (χ1) is 2.89. The van der Waals surface area contributed by atoms with Gasteiger partial charge in [0.15, 0.2) is 0 Å². The van der Waals surface area contributed by atoms with Gasteiger partial charge in [-0.15, -0.1) is 0 Å². The van der Waals surface area contributed by atoms with Crippen LogP contribution < -0.4 is 0 Å². The quantitative estimate of drug-likeness (QED) is 0.461. The molecule has 0 atom stereocenters. The molecule has 0 saturated heterocycles. The molecule has 32 valence electrons. The van der Waals surface area contributed by atoms with Gasteiger partial charge in [-0.1, -0.05) is 0 Å². The molecule has 0 aromatic carbocycles. The fraction of sp³-hybridized carbons (Fsp3) is 0. The zero-order valence-corrected chi connectivity index (χ0v) is 7.12. The van der Waals surface area contributed by atoms with E-state index in [-0.39, 0.29) is 0 Å². The number of hydrogen-bond acceptors (Lipinski definition) is 1. The van der Waals surface area contributed by atoms with Gasteiger partial charge < -0.3 is 0 Å². The van der Waals surface area contributed by atoms with Crippen LogP contribution in [0.2, 0.25) is 0 Å². The standard InChI is InChI=1S/C3H2SSe2/c4-3-5-1-2-6-3/h1-2H. The summed E-state index contributed by atoms with van der Waals surface area (Å²) in [6.45, 7) is 0. The van der Waals surface area contributed by atoms with Gasteiger partial charge in [0.1, 0.15) is 0 Å². The topological polar surface area (TPSA) is 0 Å². The van der Waals surface area contributed by atoms with Gasteiger partial charge in [-0.3, -0.25) is 0 Å². The normalized spacial score (nSPS) is 8.67. The van der Waals surface area contributed by atoms with Crippen LogP contribution in [0.1, 0.15) is 0 Å². The zero-order valence-electron chi connectivity index (χ0n) is 2.88. The minimum absolute atomic E-state index is 0.606. The maximum atomic E-state index is 4.91. The molecule has 0 aliphatic rings. The van der Waals surface area contributed by atoms with Crippen LogP contribution in [0.15, 0.2) is 9.88 Å². The van der Waals surface area contributed by atoms with Gasteiger partial charge in [0.25, 0.3) is 0 Å². The molecule has 1 rings (SSSR count). The van der Waals surface area contributed by atoms with E-state index in [4.69, 9.17) is 12.2 Å². The van der Waals surface area contributed by atoms with E-state index in [1.807, 2.05) is 0 Å². The fourth-order valence-corrected chi connectivity index (χ4v) is 4.62. The average molecular weight is 228 g/mol. The van der Waals surface area contributed by atoms with Crippen molar-refractivity contribution in [3.63, 3.8) is 0 Å². The van der Waals surface area contributed by atoms with Crippen molar-refractivity contribution in [3.8, 4) is 0 Å². The Morgan fingerprint density at radius 3 is 2.00 bits per heavy atom. The molecule has 0 fully saturated rings. The molecular formula is C3H2SSe2. The van der Waals surface area contributed by atoms with Crippen LogP contribution in [0.4, 0.5) is 0 Å². The Morgan fingerprint density at radius 1 is 1.33 bits per heavy atom. The molecule has 1 heterocycles. The minimum atomic E-state index is 0.606. The molecule has 0 bridgehead atoms.